The standard InChI is InChI=1S/C26H23N5OS3/c1-2-31-22-11-7-6-10-20(22)21-14-19(12-13-23(21)31)15-27-28-24(32)17-34-26-30-29-25(35-26)33-16-18-8-4-3-5-9-18/h3-15H,2,16-17H2,1H3,(H,28,32)/b27-15-. The van der Waals surface area contributed by atoms with E-state index in [1.165, 1.54) is 50.5 Å². The van der Waals surface area contributed by atoms with E-state index in [1.807, 2.05) is 24.3 Å². The highest BCUT2D eigenvalue weighted by Crippen LogP contribution is 2.31. The summed E-state index contributed by atoms with van der Waals surface area (Å²) in [5, 5.41) is 15.0. The van der Waals surface area contributed by atoms with Crippen LogP contribution in [0.4, 0.5) is 0 Å². The molecule has 9 heteroatoms. The number of aryl methyl sites for hydroxylation is 1. The first-order valence-corrected chi connectivity index (χ1v) is 14.0. The topological polar surface area (TPSA) is 72.2 Å². The Bertz CT molecular complexity index is 1490. The Hall–Kier alpha value is -3.14. The minimum Gasteiger partial charge on any atom is -0.341 e. The second-order valence-electron chi connectivity index (χ2n) is 7.73. The third-order valence-corrected chi connectivity index (χ3v) is 8.70. The summed E-state index contributed by atoms with van der Waals surface area (Å²) in [7, 11) is 0. The summed E-state index contributed by atoms with van der Waals surface area (Å²) < 4.78 is 3.98. The summed E-state index contributed by atoms with van der Waals surface area (Å²) in [4.78, 5) is 12.3. The zero-order valence-corrected chi connectivity index (χ0v) is 21.5. The Morgan fingerprint density at radius 3 is 2.54 bits per heavy atom. The van der Waals surface area contributed by atoms with Crippen LogP contribution in [0.15, 0.2) is 86.6 Å². The molecule has 2 heterocycles. The van der Waals surface area contributed by atoms with E-state index in [9.17, 15) is 4.79 Å². The molecule has 0 aliphatic carbocycles. The molecule has 0 spiro atoms. The molecule has 1 N–H and O–H groups in total. The number of benzene rings is 3. The average Bonchev–Trinajstić information content (AvgIpc) is 3.48. The Balaban J connectivity index is 1.15. The van der Waals surface area contributed by atoms with E-state index in [1.54, 1.807) is 18.0 Å². The molecule has 0 radical (unpaired) electrons. The number of fused-ring (bicyclic) bond motifs is 3. The van der Waals surface area contributed by atoms with Gasteiger partial charge in [0, 0.05) is 34.1 Å². The van der Waals surface area contributed by atoms with Crippen molar-refractivity contribution in [3.63, 3.8) is 0 Å². The Labute approximate surface area is 215 Å². The lowest BCUT2D eigenvalue weighted by atomic mass is 10.1. The predicted molar refractivity (Wildman–Crippen MR) is 147 cm³/mol. The number of para-hydroxylation sites is 1. The van der Waals surface area contributed by atoms with Crippen LogP contribution in [-0.4, -0.2) is 32.6 Å². The molecule has 0 fully saturated rings. The van der Waals surface area contributed by atoms with Gasteiger partial charge in [-0.3, -0.25) is 4.79 Å². The summed E-state index contributed by atoms with van der Waals surface area (Å²) in [5.74, 6) is 0.905. The number of nitrogens with zero attached hydrogens (tertiary/aromatic N) is 4. The van der Waals surface area contributed by atoms with Crippen LogP contribution in [0, 0.1) is 0 Å². The smallest absolute Gasteiger partial charge is 0.250 e. The van der Waals surface area contributed by atoms with E-state index < -0.39 is 0 Å². The first-order valence-electron chi connectivity index (χ1n) is 11.2. The number of hydrogen-bond acceptors (Lipinski definition) is 7. The molecule has 1 amide bonds. The summed E-state index contributed by atoms with van der Waals surface area (Å²) in [5.41, 5.74) is 7.22. The van der Waals surface area contributed by atoms with Gasteiger partial charge in [-0.05, 0) is 36.2 Å². The minimum absolute atomic E-state index is 0.177. The molecule has 0 bridgehead atoms. The number of hydrazone groups is 1. The Morgan fingerprint density at radius 1 is 0.971 bits per heavy atom. The third-order valence-electron chi connectivity index (χ3n) is 5.44. The molecular formula is C26H23N5OS3. The van der Waals surface area contributed by atoms with Crippen molar-refractivity contribution >= 4 is 68.8 Å². The van der Waals surface area contributed by atoms with Crippen LogP contribution in [-0.2, 0) is 17.1 Å². The Morgan fingerprint density at radius 2 is 1.71 bits per heavy atom. The first-order chi connectivity index (χ1) is 17.2. The van der Waals surface area contributed by atoms with Crippen molar-refractivity contribution in [2.45, 2.75) is 27.9 Å². The number of thioether (sulfide) groups is 2. The summed E-state index contributed by atoms with van der Waals surface area (Å²) in [6.07, 6.45) is 1.68. The maximum atomic E-state index is 12.3. The van der Waals surface area contributed by atoms with Gasteiger partial charge in [-0.25, -0.2) is 5.43 Å². The van der Waals surface area contributed by atoms with Crippen LogP contribution < -0.4 is 5.43 Å². The molecule has 0 unspecified atom stereocenters. The van der Waals surface area contributed by atoms with Crippen LogP contribution in [0.1, 0.15) is 18.1 Å². The lowest BCUT2D eigenvalue weighted by Gasteiger charge is -2.02. The molecule has 6 nitrogen and oxygen atoms in total. The predicted octanol–water partition coefficient (Wildman–Crippen LogP) is 6.20. The number of aromatic nitrogens is 3. The van der Waals surface area contributed by atoms with Crippen LogP contribution in [0.3, 0.4) is 0 Å². The van der Waals surface area contributed by atoms with Crippen molar-refractivity contribution < 1.29 is 4.79 Å². The van der Waals surface area contributed by atoms with Crippen LogP contribution in [0.5, 0.6) is 0 Å². The van der Waals surface area contributed by atoms with Crippen molar-refractivity contribution in [3.8, 4) is 0 Å². The lowest BCUT2D eigenvalue weighted by molar-refractivity contribution is -0.118. The Kier molecular flexibility index (Phi) is 7.46. The maximum absolute atomic E-state index is 12.3. The van der Waals surface area contributed by atoms with Gasteiger partial charge < -0.3 is 4.57 Å². The third kappa shape index (κ3) is 5.58. The molecular weight excluding hydrogens is 495 g/mol. The molecule has 0 aliphatic heterocycles. The monoisotopic (exact) mass is 517 g/mol. The highest BCUT2D eigenvalue weighted by Gasteiger charge is 2.10. The number of carbonyl (C=O) groups excluding carboxylic acids is 1. The van der Waals surface area contributed by atoms with Crippen molar-refractivity contribution in [1.29, 1.82) is 0 Å². The fourth-order valence-electron chi connectivity index (χ4n) is 3.86. The summed E-state index contributed by atoms with van der Waals surface area (Å²) in [6, 6.07) is 24.9. The van der Waals surface area contributed by atoms with Crippen molar-refractivity contribution in [1.82, 2.24) is 20.2 Å². The molecule has 5 aromatic rings. The van der Waals surface area contributed by atoms with Crippen LogP contribution >= 0.6 is 34.9 Å². The number of nitrogens with one attached hydrogen (secondary N) is 1. The molecule has 3 aromatic carbocycles. The minimum atomic E-state index is -0.177. The average molecular weight is 518 g/mol. The van der Waals surface area contributed by atoms with Gasteiger partial charge in [0.15, 0.2) is 8.68 Å². The van der Waals surface area contributed by atoms with Crippen molar-refractivity contribution in [3.05, 3.63) is 83.9 Å². The summed E-state index contributed by atoms with van der Waals surface area (Å²) in [6.45, 7) is 3.06. The molecule has 176 valence electrons. The van der Waals surface area contributed by atoms with E-state index >= 15 is 0 Å². The van der Waals surface area contributed by atoms with Gasteiger partial charge in [-0.2, -0.15) is 5.10 Å². The highest BCUT2D eigenvalue weighted by molar-refractivity contribution is 8.03. The number of amides is 1. The second-order valence-corrected chi connectivity index (χ2v) is 11.2. The number of hydrogen-bond donors (Lipinski definition) is 1. The second kappa shape index (κ2) is 11.1. The van der Waals surface area contributed by atoms with Crippen molar-refractivity contribution in [2.75, 3.05) is 5.75 Å². The van der Waals surface area contributed by atoms with Gasteiger partial charge in [0.2, 0.25) is 0 Å². The fourth-order valence-corrected chi connectivity index (χ4v) is 6.63. The zero-order valence-electron chi connectivity index (χ0n) is 19.0. The number of rotatable bonds is 9. The molecule has 0 atom stereocenters. The zero-order chi connectivity index (χ0) is 24.0. The molecule has 35 heavy (non-hydrogen) atoms. The van der Waals surface area contributed by atoms with Gasteiger partial charge in [-0.1, -0.05) is 89.5 Å². The maximum Gasteiger partial charge on any atom is 0.250 e. The van der Waals surface area contributed by atoms with Gasteiger partial charge in [0.05, 0.1) is 12.0 Å². The quantitative estimate of drug-likeness (QED) is 0.143. The largest absolute Gasteiger partial charge is 0.341 e. The van der Waals surface area contributed by atoms with E-state index in [0.29, 0.717) is 0 Å². The van der Waals surface area contributed by atoms with E-state index in [0.717, 1.165) is 26.5 Å². The van der Waals surface area contributed by atoms with Crippen molar-refractivity contribution in [2.24, 2.45) is 5.10 Å². The van der Waals surface area contributed by atoms with Gasteiger partial charge in [0.1, 0.15) is 0 Å². The molecule has 0 saturated carbocycles. The molecule has 0 aliphatic rings. The summed E-state index contributed by atoms with van der Waals surface area (Å²) >= 11 is 4.52. The van der Waals surface area contributed by atoms with E-state index in [4.69, 9.17) is 0 Å². The normalized spacial score (nSPS) is 11.6. The van der Waals surface area contributed by atoms with Crippen LogP contribution in [0.25, 0.3) is 21.8 Å². The first kappa shape index (κ1) is 23.6. The fraction of sp³-hybridized carbons (Fsp3) is 0.154. The van der Waals surface area contributed by atoms with Gasteiger partial charge in [0.25, 0.3) is 5.91 Å². The van der Waals surface area contributed by atoms with E-state index in [2.05, 4.69) is 80.7 Å². The van der Waals surface area contributed by atoms with Gasteiger partial charge >= 0.3 is 0 Å². The molecule has 2 aromatic heterocycles. The van der Waals surface area contributed by atoms with Crippen LogP contribution in [0.2, 0.25) is 0 Å². The highest BCUT2D eigenvalue weighted by atomic mass is 32.2. The van der Waals surface area contributed by atoms with Gasteiger partial charge in [-0.15, -0.1) is 10.2 Å². The number of carbonyl (C=O) groups is 1. The SMILES string of the molecule is CCn1c2ccccc2c2cc(/C=N\NC(=O)CSc3nnc(SCc4ccccc4)s3)ccc21. The van der Waals surface area contributed by atoms with E-state index in [-0.39, 0.29) is 11.7 Å². The molecule has 0 saturated heterocycles. The lowest BCUT2D eigenvalue weighted by Crippen LogP contribution is -2.19. The molecule has 5 rings (SSSR count).